The van der Waals surface area contributed by atoms with Crippen LogP contribution >= 0.6 is 0 Å². The molecule has 0 aliphatic carbocycles. The number of carbonyl (C=O) groups is 3. The number of hydrogen-bond donors (Lipinski definition) is 1. The van der Waals surface area contributed by atoms with Crippen molar-refractivity contribution in [3.8, 4) is 0 Å². The van der Waals surface area contributed by atoms with Crippen molar-refractivity contribution in [2.45, 2.75) is 32.6 Å². The molecule has 0 radical (unpaired) electrons. The molecule has 2 aliphatic heterocycles. The highest BCUT2D eigenvalue weighted by molar-refractivity contribution is 6.00. The van der Waals surface area contributed by atoms with Gasteiger partial charge in [-0.3, -0.25) is 14.4 Å². The molecule has 2 fully saturated rings. The van der Waals surface area contributed by atoms with Crippen molar-refractivity contribution < 1.29 is 18.8 Å². The van der Waals surface area contributed by atoms with Gasteiger partial charge in [0.2, 0.25) is 17.7 Å². The monoisotopic (exact) mass is 361 g/mol. The molecule has 3 amide bonds. The maximum absolute atomic E-state index is 13.7. The molecule has 0 bridgehead atoms. The van der Waals surface area contributed by atoms with Gasteiger partial charge in [0.05, 0.1) is 5.92 Å². The zero-order chi connectivity index (χ0) is 18.7. The largest absolute Gasteiger partial charge is 0.356 e. The zero-order valence-corrected chi connectivity index (χ0v) is 15.0. The topological polar surface area (TPSA) is 69.7 Å². The molecule has 3 rings (SSSR count). The number of hydrogen-bond acceptors (Lipinski definition) is 3. The lowest BCUT2D eigenvalue weighted by molar-refractivity contribution is -0.127. The molecular weight excluding hydrogens is 337 g/mol. The first kappa shape index (κ1) is 18.4. The first-order valence-corrected chi connectivity index (χ1v) is 9.07. The van der Waals surface area contributed by atoms with E-state index in [2.05, 4.69) is 5.32 Å². The van der Waals surface area contributed by atoms with E-state index in [4.69, 9.17) is 0 Å². The minimum absolute atomic E-state index is 0.131. The Kier molecular flexibility index (Phi) is 5.54. The highest BCUT2D eigenvalue weighted by Crippen LogP contribution is 2.26. The fourth-order valence-corrected chi connectivity index (χ4v) is 3.45. The molecule has 26 heavy (non-hydrogen) atoms. The van der Waals surface area contributed by atoms with Gasteiger partial charge >= 0.3 is 0 Å². The second kappa shape index (κ2) is 7.85. The molecule has 0 spiro atoms. The minimum Gasteiger partial charge on any atom is -0.356 e. The molecule has 1 N–H and O–H groups in total. The van der Waals surface area contributed by atoms with Gasteiger partial charge in [0.1, 0.15) is 5.82 Å². The molecule has 2 heterocycles. The lowest BCUT2D eigenvalue weighted by Crippen LogP contribution is -2.35. The van der Waals surface area contributed by atoms with E-state index in [1.165, 1.54) is 11.0 Å². The van der Waals surface area contributed by atoms with E-state index < -0.39 is 5.92 Å². The van der Waals surface area contributed by atoms with E-state index in [9.17, 15) is 18.8 Å². The normalized spacial score (nSPS) is 20.2. The summed E-state index contributed by atoms with van der Waals surface area (Å²) in [5.74, 6) is -0.948. The summed E-state index contributed by atoms with van der Waals surface area (Å²) in [4.78, 5) is 39.3. The average Bonchev–Trinajstić information content (AvgIpc) is 3.20. The van der Waals surface area contributed by atoms with Crippen molar-refractivity contribution >= 4 is 23.4 Å². The highest BCUT2D eigenvalue weighted by Gasteiger charge is 2.35. The van der Waals surface area contributed by atoms with Gasteiger partial charge in [0.15, 0.2) is 0 Å². The van der Waals surface area contributed by atoms with Crippen LogP contribution in [0.4, 0.5) is 10.1 Å². The predicted molar refractivity (Wildman–Crippen MR) is 95.0 cm³/mol. The quantitative estimate of drug-likeness (QED) is 0.783. The number of likely N-dealkylation sites (tertiary alicyclic amines) is 1. The minimum atomic E-state index is -0.430. The van der Waals surface area contributed by atoms with Gasteiger partial charge in [0.25, 0.3) is 0 Å². The number of benzene rings is 1. The Morgan fingerprint density at radius 3 is 2.81 bits per heavy atom. The van der Waals surface area contributed by atoms with Crippen molar-refractivity contribution in [1.82, 2.24) is 10.2 Å². The third-order valence-corrected chi connectivity index (χ3v) is 5.04. The zero-order valence-electron chi connectivity index (χ0n) is 15.0. The van der Waals surface area contributed by atoms with Crippen LogP contribution < -0.4 is 10.2 Å². The summed E-state index contributed by atoms with van der Waals surface area (Å²) in [5.41, 5.74) is 1.01. The highest BCUT2D eigenvalue weighted by atomic mass is 19.1. The van der Waals surface area contributed by atoms with Gasteiger partial charge in [-0.05, 0) is 37.5 Å². The number of nitrogens with one attached hydrogen (secondary N) is 1. The number of carbonyl (C=O) groups excluding carboxylic acids is 3. The number of aryl methyl sites for hydroxylation is 1. The lowest BCUT2D eigenvalue weighted by Gasteiger charge is -2.18. The van der Waals surface area contributed by atoms with Crippen LogP contribution in [0, 0.1) is 18.7 Å². The molecule has 1 aromatic rings. The number of nitrogens with zero attached hydrogens (tertiary/aromatic N) is 2. The van der Waals surface area contributed by atoms with Gasteiger partial charge in [0, 0.05) is 44.7 Å². The summed E-state index contributed by atoms with van der Waals surface area (Å²) in [5, 5.41) is 2.85. The maximum atomic E-state index is 13.7. The maximum Gasteiger partial charge on any atom is 0.227 e. The molecule has 1 unspecified atom stereocenters. The molecule has 6 nitrogen and oxygen atoms in total. The summed E-state index contributed by atoms with van der Waals surface area (Å²) in [7, 11) is 0. The van der Waals surface area contributed by atoms with Crippen LogP contribution in [0.2, 0.25) is 0 Å². The molecule has 0 aromatic heterocycles. The molecule has 1 atom stereocenters. The molecular formula is C19H24FN3O3. The van der Waals surface area contributed by atoms with E-state index in [1.807, 2.05) is 4.90 Å². The van der Waals surface area contributed by atoms with E-state index in [0.29, 0.717) is 37.2 Å². The summed E-state index contributed by atoms with van der Waals surface area (Å²) < 4.78 is 13.7. The molecule has 0 saturated carbocycles. The second-order valence-corrected chi connectivity index (χ2v) is 6.97. The fourth-order valence-electron chi connectivity index (χ4n) is 3.45. The van der Waals surface area contributed by atoms with Crippen LogP contribution in [-0.2, 0) is 14.4 Å². The van der Waals surface area contributed by atoms with E-state index in [1.54, 1.807) is 19.1 Å². The summed E-state index contributed by atoms with van der Waals surface area (Å²) in [6.07, 6.45) is 2.35. The first-order valence-electron chi connectivity index (χ1n) is 9.07. The molecule has 140 valence electrons. The summed E-state index contributed by atoms with van der Waals surface area (Å²) in [6, 6.07) is 4.66. The van der Waals surface area contributed by atoms with Crippen LogP contribution in [0.15, 0.2) is 18.2 Å². The second-order valence-electron chi connectivity index (χ2n) is 6.97. The van der Waals surface area contributed by atoms with Crippen molar-refractivity contribution in [2.75, 3.05) is 31.1 Å². The Morgan fingerprint density at radius 1 is 1.31 bits per heavy atom. The molecule has 1 aromatic carbocycles. The third-order valence-electron chi connectivity index (χ3n) is 5.04. The predicted octanol–water partition coefficient (Wildman–Crippen LogP) is 1.62. The third kappa shape index (κ3) is 4.03. The van der Waals surface area contributed by atoms with Crippen LogP contribution in [0.3, 0.4) is 0 Å². The Morgan fingerprint density at radius 2 is 2.12 bits per heavy atom. The summed E-state index contributed by atoms with van der Waals surface area (Å²) in [6.45, 7) is 3.85. The Bertz CT molecular complexity index is 722. The Labute approximate surface area is 152 Å². The van der Waals surface area contributed by atoms with Gasteiger partial charge in [-0.15, -0.1) is 0 Å². The number of anilines is 1. The van der Waals surface area contributed by atoms with Crippen LogP contribution in [-0.4, -0.2) is 48.8 Å². The summed E-state index contributed by atoms with van der Waals surface area (Å²) >= 11 is 0. The van der Waals surface area contributed by atoms with Gasteiger partial charge in [-0.2, -0.15) is 0 Å². The smallest absolute Gasteiger partial charge is 0.227 e. The van der Waals surface area contributed by atoms with Crippen molar-refractivity contribution in [3.63, 3.8) is 0 Å². The van der Waals surface area contributed by atoms with Crippen LogP contribution in [0.25, 0.3) is 0 Å². The molecule has 7 heteroatoms. The van der Waals surface area contributed by atoms with E-state index in [-0.39, 0.29) is 36.5 Å². The molecule has 2 saturated heterocycles. The van der Waals surface area contributed by atoms with Crippen molar-refractivity contribution in [3.05, 3.63) is 29.6 Å². The Balaban J connectivity index is 1.47. The van der Waals surface area contributed by atoms with Crippen molar-refractivity contribution in [1.29, 1.82) is 0 Å². The SMILES string of the molecule is Cc1ccc(N2CC(C(=O)NCCCN3CCCC3=O)CC2=O)cc1F. The van der Waals surface area contributed by atoms with Crippen LogP contribution in [0.5, 0.6) is 0 Å². The van der Waals surface area contributed by atoms with Gasteiger partial charge in [-0.1, -0.05) is 6.07 Å². The number of amides is 3. The van der Waals surface area contributed by atoms with Crippen molar-refractivity contribution in [2.24, 2.45) is 5.92 Å². The number of halogens is 1. The average molecular weight is 361 g/mol. The van der Waals surface area contributed by atoms with Crippen LogP contribution in [0.1, 0.15) is 31.2 Å². The van der Waals surface area contributed by atoms with E-state index in [0.717, 1.165) is 13.0 Å². The number of rotatable bonds is 6. The first-order chi connectivity index (χ1) is 12.5. The standard InChI is InChI=1S/C19H24FN3O3/c1-13-5-6-15(11-16(13)20)23-12-14(10-18(23)25)19(26)21-7-3-9-22-8-2-4-17(22)24/h5-6,11,14H,2-4,7-10,12H2,1H3,(H,21,26). The fraction of sp³-hybridized carbons (Fsp3) is 0.526. The van der Waals surface area contributed by atoms with E-state index >= 15 is 0 Å². The Hall–Kier alpha value is -2.44. The lowest BCUT2D eigenvalue weighted by atomic mass is 10.1. The molecule has 2 aliphatic rings. The van der Waals surface area contributed by atoms with Gasteiger partial charge in [-0.25, -0.2) is 4.39 Å². The van der Waals surface area contributed by atoms with Gasteiger partial charge < -0.3 is 15.1 Å².